The van der Waals surface area contributed by atoms with Crippen LogP contribution in [0.1, 0.15) is 21.5 Å². The standard InChI is InChI=1S/C9H10O2.H3O4P/c1-6-4-3-5-8(7(6)2)9(10)11;1-5(2,3)4/h3-5H,1-2H3,(H,10,11);(H3,1,2,3,4). The van der Waals surface area contributed by atoms with Crippen LogP contribution in [0, 0.1) is 13.8 Å². The summed E-state index contributed by atoms with van der Waals surface area (Å²) in [6.07, 6.45) is 0. The van der Waals surface area contributed by atoms with Crippen LogP contribution in [-0.4, -0.2) is 25.8 Å². The minimum Gasteiger partial charge on any atom is -0.478 e. The summed E-state index contributed by atoms with van der Waals surface area (Å²) in [6, 6.07) is 5.28. The largest absolute Gasteiger partial charge is 0.478 e. The number of carbonyl (C=O) groups is 1. The highest BCUT2D eigenvalue weighted by Crippen LogP contribution is 2.25. The number of carboxylic acid groups (broad SMARTS) is 1. The lowest BCUT2D eigenvalue weighted by Gasteiger charge is -2.02. The second kappa shape index (κ2) is 5.77. The summed E-state index contributed by atoms with van der Waals surface area (Å²) < 4.78 is 8.88. The van der Waals surface area contributed by atoms with Gasteiger partial charge in [-0.3, -0.25) is 0 Å². The first-order valence-electron chi connectivity index (χ1n) is 4.20. The molecule has 0 aliphatic carbocycles. The molecule has 0 aliphatic rings. The van der Waals surface area contributed by atoms with Gasteiger partial charge in [-0.1, -0.05) is 12.1 Å². The van der Waals surface area contributed by atoms with Gasteiger partial charge in [0, 0.05) is 0 Å². The average Bonchev–Trinajstić information content (AvgIpc) is 2.06. The third kappa shape index (κ3) is 6.31. The van der Waals surface area contributed by atoms with E-state index in [9.17, 15) is 4.79 Å². The SMILES string of the molecule is Cc1cccc(C(=O)O)c1C.O=P(O)(O)O. The molecule has 1 aromatic carbocycles. The average molecular weight is 248 g/mol. The van der Waals surface area contributed by atoms with Crippen molar-refractivity contribution in [3.8, 4) is 0 Å². The number of hydrogen-bond donors (Lipinski definition) is 4. The van der Waals surface area contributed by atoms with Crippen LogP contribution in [0.2, 0.25) is 0 Å². The van der Waals surface area contributed by atoms with E-state index in [4.69, 9.17) is 24.4 Å². The molecule has 0 aliphatic heterocycles. The van der Waals surface area contributed by atoms with Crippen LogP contribution in [0.3, 0.4) is 0 Å². The normalized spacial score (nSPS) is 10.3. The summed E-state index contributed by atoms with van der Waals surface area (Å²) in [5.74, 6) is -0.855. The molecule has 7 heteroatoms. The molecule has 0 amide bonds. The van der Waals surface area contributed by atoms with E-state index < -0.39 is 13.8 Å². The maximum absolute atomic E-state index is 10.6. The summed E-state index contributed by atoms with van der Waals surface area (Å²) in [5, 5.41) is 8.69. The summed E-state index contributed by atoms with van der Waals surface area (Å²) in [5.41, 5.74) is 2.26. The minimum absolute atomic E-state index is 0.394. The molecule has 0 atom stereocenters. The van der Waals surface area contributed by atoms with Gasteiger partial charge in [0.05, 0.1) is 5.56 Å². The topological polar surface area (TPSA) is 115 Å². The van der Waals surface area contributed by atoms with Crippen molar-refractivity contribution in [1.29, 1.82) is 0 Å². The molecule has 0 saturated carbocycles. The van der Waals surface area contributed by atoms with Crippen LogP contribution in [0.25, 0.3) is 0 Å². The van der Waals surface area contributed by atoms with Crippen LogP contribution >= 0.6 is 7.82 Å². The predicted molar refractivity (Wildman–Crippen MR) is 57.1 cm³/mol. The molecule has 1 aromatic rings. The van der Waals surface area contributed by atoms with E-state index in [-0.39, 0.29) is 0 Å². The third-order valence-electron chi connectivity index (χ3n) is 1.84. The van der Waals surface area contributed by atoms with Crippen molar-refractivity contribution in [3.63, 3.8) is 0 Å². The Morgan fingerprint density at radius 3 is 1.94 bits per heavy atom. The highest BCUT2D eigenvalue weighted by Gasteiger charge is 2.06. The van der Waals surface area contributed by atoms with Crippen LogP contribution < -0.4 is 0 Å². The van der Waals surface area contributed by atoms with E-state index >= 15 is 0 Å². The predicted octanol–water partition coefficient (Wildman–Crippen LogP) is 1.07. The van der Waals surface area contributed by atoms with Gasteiger partial charge in [-0.15, -0.1) is 0 Å². The molecule has 4 N–H and O–H groups in total. The van der Waals surface area contributed by atoms with E-state index in [1.807, 2.05) is 19.9 Å². The quantitative estimate of drug-likeness (QED) is 0.552. The number of hydrogen-bond acceptors (Lipinski definition) is 2. The van der Waals surface area contributed by atoms with E-state index in [1.165, 1.54) is 0 Å². The van der Waals surface area contributed by atoms with E-state index in [0.717, 1.165) is 11.1 Å². The highest BCUT2D eigenvalue weighted by atomic mass is 31.2. The molecule has 0 spiro atoms. The fourth-order valence-electron chi connectivity index (χ4n) is 0.983. The lowest BCUT2D eigenvalue weighted by atomic mass is 10.0. The van der Waals surface area contributed by atoms with E-state index in [0.29, 0.717) is 5.56 Å². The van der Waals surface area contributed by atoms with Crippen LogP contribution in [0.5, 0.6) is 0 Å². The number of rotatable bonds is 1. The first kappa shape index (κ1) is 14.8. The van der Waals surface area contributed by atoms with Gasteiger partial charge in [0.15, 0.2) is 0 Å². The Labute approximate surface area is 92.4 Å². The second-order valence-corrected chi connectivity index (χ2v) is 4.09. The summed E-state index contributed by atoms with van der Waals surface area (Å²) in [4.78, 5) is 32.1. The summed E-state index contributed by atoms with van der Waals surface area (Å²) in [7, 11) is -4.64. The van der Waals surface area contributed by atoms with Gasteiger partial charge in [-0.25, -0.2) is 9.36 Å². The number of phosphoric acid groups is 1. The maximum Gasteiger partial charge on any atom is 0.466 e. The van der Waals surface area contributed by atoms with Crippen LogP contribution in [0.15, 0.2) is 18.2 Å². The first-order chi connectivity index (χ1) is 7.13. The molecule has 0 bridgehead atoms. The van der Waals surface area contributed by atoms with Crippen molar-refractivity contribution >= 4 is 13.8 Å². The third-order valence-corrected chi connectivity index (χ3v) is 1.84. The van der Waals surface area contributed by atoms with Gasteiger partial charge < -0.3 is 19.8 Å². The Morgan fingerprint density at radius 2 is 1.62 bits per heavy atom. The Kier molecular flexibility index (Phi) is 5.33. The lowest BCUT2D eigenvalue weighted by Crippen LogP contribution is -2.00. The molecule has 0 radical (unpaired) electrons. The number of aromatic carboxylic acids is 1. The Bertz CT molecular complexity index is 414. The van der Waals surface area contributed by atoms with Crippen molar-refractivity contribution in [2.75, 3.05) is 0 Å². The Balaban J connectivity index is 0.000000385. The van der Waals surface area contributed by atoms with Gasteiger partial charge in [0.2, 0.25) is 0 Å². The van der Waals surface area contributed by atoms with Crippen LogP contribution in [-0.2, 0) is 4.57 Å². The smallest absolute Gasteiger partial charge is 0.466 e. The van der Waals surface area contributed by atoms with E-state index in [1.54, 1.807) is 12.1 Å². The first-order valence-corrected chi connectivity index (χ1v) is 5.77. The van der Waals surface area contributed by atoms with Crippen LogP contribution in [0.4, 0.5) is 0 Å². The van der Waals surface area contributed by atoms with Crippen molar-refractivity contribution in [1.82, 2.24) is 0 Å². The van der Waals surface area contributed by atoms with Gasteiger partial charge in [-0.05, 0) is 31.0 Å². The molecular formula is C9H13O6P. The van der Waals surface area contributed by atoms with E-state index in [2.05, 4.69) is 0 Å². The zero-order valence-electron chi connectivity index (χ0n) is 8.78. The Morgan fingerprint density at radius 1 is 1.19 bits per heavy atom. The van der Waals surface area contributed by atoms with Crippen molar-refractivity contribution < 1.29 is 29.1 Å². The van der Waals surface area contributed by atoms with Gasteiger partial charge >= 0.3 is 13.8 Å². The van der Waals surface area contributed by atoms with Crippen molar-refractivity contribution in [3.05, 3.63) is 34.9 Å². The molecule has 6 nitrogen and oxygen atoms in total. The van der Waals surface area contributed by atoms with Crippen molar-refractivity contribution in [2.24, 2.45) is 0 Å². The number of aryl methyl sites for hydroxylation is 1. The second-order valence-electron chi connectivity index (χ2n) is 3.07. The zero-order chi connectivity index (χ0) is 12.9. The summed E-state index contributed by atoms with van der Waals surface area (Å²) in [6.45, 7) is 3.72. The molecule has 1 rings (SSSR count). The van der Waals surface area contributed by atoms with Crippen molar-refractivity contribution in [2.45, 2.75) is 13.8 Å². The number of benzene rings is 1. The van der Waals surface area contributed by atoms with Gasteiger partial charge in [0.25, 0.3) is 0 Å². The molecule has 0 aromatic heterocycles. The molecule has 90 valence electrons. The fourth-order valence-corrected chi connectivity index (χ4v) is 0.983. The molecule has 0 saturated heterocycles. The van der Waals surface area contributed by atoms with Gasteiger partial charge in [-0.2, -0.15) is 0 Å². The lowest BCUT2D eigenvalue weighted by molar-refractivity contribution is 0.0696. The molecule has 0 fully saturated rings. The monoisotopic (exact) mass is 248 g/mol. The molecule has 16 heavy (non-hydrogen) atoms. The molecule has 0 unspecified atom stereocenters. The number of carboxylic acids is 1. The summed E-state index contributed by atoms with van der Waals surface area (Å²) >= 11 is 0. The minimum atomic E-state index is -4.64. The Hall–Kier alpha value is -1.20. The molecule has 0 heterocycles. The highest BCUT2D eigenvalue weighted by molar-refractivity contribution is 7.45. The van der Waals surface area contributed by atoms with Gasteiger partial charge in [0.1, 0.15) is 0 Å². The zero-order valence-corrected chi connectivity index (χ0v) is 9.68. The maximum atomic E-state index is 10.6. The molecular weight excluding hydrogens is 235 g/mol. The fraction of sp³-hybridized carbons (Fsp3) is 0.222.